The zero-order valence-electron chi connectivity index (χ0n) is 11.4. The summed E-state index contributed by atoms with van der Waals surface area (Å²) in [5.74, 6) is 0.832. The summed E-state index contributed by atoms with van der Waals surface area (Å²) < 4.78 is 5.96. The number of hydrogen-bond donors (Lipinski definition) is 2. The number of benzene rings is 1. The Morgan fingerprint density at radius 3 is 2.95 bits per heavy atom. The van der Waals surface area contributed by atoms with E-state index in [0.717, 1.165) is 50.1 Å². The molecule has 2 unspecified atom stereocenters. The Morgan fingerprint density at radius 1 is 1.42 bits per heavy atom. The number of nitrogens with one attached hydrogen (secondary N) is 1. The molecule has 0 aliphatic heterocycles. The van der Waals surface area contributed by atoms with Gasteiger partial charge in [0.25, 0.3) is 0 Å². The van der Waals surface area contributed by atoms with Crippen molar-refractivity contribution < 1.29 is 9.84 Å². The summed E-state index contributed by atoms with van der Waals surface area (Å²) in [5, 5.41) is 13.9. The van der Waals surface area contributed by atoms with Crippen molar-refractivity contribution in [3.63, 3.8) is 0 Å². The van der Waals surface area contributed by atoms with Crippen LogP contribution >= 0.6 is 11.6 Å². The van der Waals surface area contributed by atoms with Gasteiger partial charge in [-0.15, -0.1) is 0 Å². The molecule has 19 heavy (non-hydrogen) atoms. The van der Waals surface area contributed by atoms with Crippen molar-refractivity contribution in [2.45, 2.75) is 51.4 Å². The van der Waals surface area contributed by atoms with Crippen LogP contribution in [0.1, 0.15) is 38.2 Å². The summed E-state index contributed by atoms with van der Waals surface area (Å²) in [6, 6.07) is 5.67. The highest BCUT2D eigenvalue weighted by Gasteiger charge is 2.27. The molecule has 0 spiro atoms. The second-order valence-corrected chi connectivity index (χ2v) is 5.52. The van der Waals surface area contributed by atoms with Gasteiger partial charge in [0.15, 0.2) is 0 Å². The van der Waals surface area contributed by atoms with E-state index in [-0.39, 0.29) is 12.2 Å². The molecule has 1 aliphatic rings. The molecular weight excluding hydrogens is 262 g/mol. The average Bonchev–Trinajstić information content (AvgIpc) is 2.78. The molecule has 1 aromatic rings. The van der Waals surface area contributed by atoms with E-state index in [9.17, 15) is 5.11 Å². The first-order valence-corrected chi connectivity index (χ1v) is 7.42. The molecule has 0 saturated heterocycles. The Kier molecular flexibility index (Phi) is 5.49. The minimum absolute atomic E-state index is 0.0777. The second kappa shape index (κ2) is 7.13. The van der Waals surface area contributed by atoms with E-state index in [2.05, 4.69) is 12.2 Å². The molecule has 1 aliphatic carbocycles. The van der Waals surface area contributed by atoms with Gasteiger partial charge in [0, 0.05) is 17.1 Å². The Hall–Kier alpha value is -0.770. The van der Waals surface area contributed by atoms with Crippen LogP contribution in [0.2, 0.25) is 5.02 Å². The fraction of sp³-hybridized carbons (Fsp3) is 0.600. The Bertz CT molecular complexity index is 411. The van der Waals surface area contributed by atoms with Crippen LogP contribution in [-0.4, -0.2) is 23.9 Å². The molecule has 1 aromatic carbocycles. The van der Waals surface area contributed by atoms with Crippen molar-refractivity contribution >= 4 is 11.6 Å². The van der Waals surface area contributed by atoms with Crippen LogP contribution in [0.15, 0.2) is 18.2 Å². The normalized spacial score (nSPS) is 22.7. The zero-order chi connectivity index (χ0) is 13.7. The highest BCUT2D eigenvalue weighted by molar-refractivity contribution is 6.30. The molecule has 2 N–H and O–H groups in total. The molecule has 1 saturated carbocycles. The van der Waals surface area contributed by atoms with Crippen molar-refractivity contribution in [1.82, 2.24) is 5.32 Å². The van der Waals surface area contributed by atoms with Crippen molar-refractivity contribution in [1.29, 1.82) is 0 Å². The number of rotatable bonds is 6. The van der Waals surface area contributed by atoms with Crippen LogP contribution in [0, 0.1) is 0 Å². The van der Waals surface area contributed by atoms with E-state index >= 15 is 0 Å². The van der Waals surface area contributed by atoms with E-state index in [4.69, 9.17) is 16.3 Å². The standard InChI is InChI=1S/C15H22ClNO2/c1-2-8-17-10-11-9-12(16)6-7-14(11)19-15-5-3-4-13(15)18/h6-7,9,13,15,17-18H,2-5,8,10H2,1H3. The predicted molar refractivity (Wildman–Crippen MR) is 77.7 cm³/mol. The lowest BCUT2D eigenvalue weighted by Gasteiger charge is -2.20. The van der Waals surface area contributed by atoms with E-state index in [1.165, 1.54) is 0 Å². The van der Waals surface area contributed by atoms with Gasteiger partial charge in [-0.1, -0.05) is 18.5 Å². The van der Waals surface area contributed by atoms with Gasteiger partial charge in [-0.05, 0) is 50.4 Å². The fourth-order valence-electron chi connectivity index (χ4n) is 2.41. The lowest BCUT2D eigenvalue weighted by atomic mass is 10.2. The van der Waals surface area contributed by atoms with E-state index in [1.54, 1.807) is 0 Å². The van der Waals surface area contributed by atoms with Gasteiger partial charge in [-0.2, -0.15) is 0 Å². The third-order valence-corrected chi connectivity index (χ3v) is 3.70. The van der Waals surface area contributed by atoms with E-state index < -0.39 is 0 Å². The molecular formula is C15H22ClNO2. The second-order valence-electron chi connectivity index (χ2n) is 5.08. The molecule has 0 bridgehead atoms. The monoisotopic (exact) mass is 283 g/mol. The smallest absolute Gasteiger partial charge is 0.124 e. The largest absolute Gasteiger partial charge is 0.487 e. The summed E-state index contributed by atoms with van der Waals surface area (Å²) in [6.45, 7) is 3.85. The molecule has 1 fully saturated rings. The maximum absolute atomic E-state index is 9.84. The number of hydrogen-bond acceptors (Lipinski definition) is 3. The molecule has 0 radical (unpaired) electrons. The van der Waals surface area contributed by atoms with Gasteiger partial charge in [0.2, 0.25) is 0 Å². The minimum Gasteiger partial charge on any atom is -0.487 e. The Balaban J connectivity index is 2.05. The first-order chi connectivity index (χ1) is 9.20. The molecule has 0 aromatic heterocycles. The Labute approximate surface area is 119 Å². The average molecular weight is 284 g/mol. The van der Waals surface area contributed by atoms with Crippen LogP contribution < -0.4 is 10.1 Å². The molecule has 2 rings (SSSR count). The van der Waals surface area contributed by atoms with Crippen LogP contribution in [-0.2, 0) is 6.54 Å². The summed E-state index contributed by atoms with van der Waals surface area (Å²) in [5.41, 5.74) is 1.06. The summed E-state index contributed by atoms with van der Waals surface area (Å²) >= 11 is 6.04. The molecule has 106 valence electrons. The molecule has 0 heterocycles. The maximum atomic E-state index is 9.84. The summed E-state index contributed by atoms with van der Waals surface area (Å²) in [7, 11) is 0. The van der Waals surface area contributed by atoms with E-state index in [0.29, 0.717) is 5.02 Å². The van der Waals surface area contributed by atoms with Gasteiger partial charge < -0.3 is 15.2 Å². The highest BCUT2D eigenvalue weighted by atomic mass is 35.5. The van der Waals surface area contributed by atoms with Gasteiger partial charge in [0.1, 0.15) is 11.9 Å². The zero-order valence-corrected chi connectivity index (χ0v) is 12.1. The number of halogens is 1. The Morgan fingerprint density at radius 2 is 2.26 bits per heavy atom. The highest BCUT2D eigenvalue weighted by Crippen LogP contribution is 2.28. The summed E-state index contributed by atoms with van der Waals surface area (Å²) in [6.07, 6.45) is 3.46. The number of ether oxygens (including phenoxy) is 1. The minimum atomic E-state index is -0.341. The van der Waals surface area contributed by atoms with Crippen molar-refractivity contribution in [2.75, 3.05) is 6.54 Å². The van der Waals surface area contributed by atoms with Crippen LogP contribution in [0.4, 0.5) is 0 Å². The first-order valence-electron chi connectivity index (χ1n) is 7.04. The number of aliphatic hydroxyl groups is 1. The molecule has 2 atom stereocenters. The number of aliphatic hydroxyl groups excluding tert-OH is 1. The predicted octanol–water partition coefficient (Wildman–Crippen LogP) is 3.13. The van der Waals surface area contributed by atoms with Crippen LogP contribution in [0.5, 0.6) is 5.75 Å². The van der Waals surface area contributed by atoms with Gasteiger partial charge in [-0.25, -0.2) is 0 Å². The van der Waals surface area contributed by atoms with E-state index in [1.807, 2.05) is 18.2 Å². The topological polar surface area (TPSA) is 41.5 Å². The molecule has 3 nitrogen and oxygen atoms in total. The van der Waals surface area contributed by atoms with Gasteiger partial charge in [-0.3, -0.25) is 0 Å². The molecule has 4 heteroatoms. The lowest BCUT2D eigenvalue weighted by Crippen LogP contribution is -2.26. The van der Waals surface area contributed by atoms with Crippen molar-refractivity contribution in [2.24, 2.45) is 0 Å². The van der Waals surface area contributed by atoms with Crippen molar-refractivity contribution in [3.05, 3.63) is 28.8 Å². The molecule has 0 amide bonds. The maximum Gasteiger partial charge on any atom is 0.124 e. The third-order valence-electron chi connectivity index (χ3n) is 3.46. The van der Waals surface area contributed by atoms with Gasteiger partial charge in [0.05, 0.1) is 6.10 Å². The van der Waals surface area contributed by atoms with Crippen LogP contribution in [0.3, 0.4) is 0 Å². The quantitative estimate of drug-likeness (QED) is 0.788. The SMILES string of the molecule is CCCNCc1cc(Cl)ccc1OC1CCCC1O. The third kappa shape index (κ3) is 4.10. The summed E-state index contributed by atoms with van der Waals surface area (Å²) in [4.78, 5) is 0. The lowest BCUT2D eigenvalue weighted by molar-refractivity contribution is 0.0597. The first kappa shape index (κ1) is 14.6. The van der Waals surface area contributed by atoms with Crippen LogP contribution in [0.25, 0.3) is 0 Å². The van der Waals surface area contributed by atoms with Crippen molar-refractivity contribution in [3.8, 4) is 5.75 Å². The van der Waals surface area contributed by atoms with Gasteiger partial charge >= 0.3 is 0 Å². The fourth-order valence-corrected chi connectivity index (χ4v) is 2.60.